The molecular weight excluding hydrogens is 242 g/mol. The molecule has 0 bridgehead atoms. The maximum absolute atomic E-state index is 12.0. The highest BCUT2D eigenvalue weighted by Gasteiger charge is 2.15. The molecule has 2 rings (SSSR count). The molecule has 0 aliphatic heterocycles. The van der Waals surface area contributed by atoms with Crippen LogP contribution in [0.2, 0.25) is 0 Å². The Balaban J connectivity index is 2.13. The maximum Gasteiger partial charge on any atom is 0.250 e. The van der Waals surface area contributed by atoms with Crippen molar-refractivity contribution < 1.29 is 4.79 Å². The topological polar surface area (TPSA) is 77.1 Å². The van der Waals surface area contributed by atoms with Gasteiger partial charge in [0.1, 0.15) is 6.04 Å². The molecule has 1 atom stereocenters. The number of pyridine rings is 1. The highest BCUT2D eigenvalue weighted by molar-refractivity contribution is 5.95. The van der Waals surface area contributed by atoms with Crippen molar-refractivity contribution in [3.63, 3.8) is 0 Å². The Hall–Kier alpha value is -2.40. The van der Waals surface area contributed by atoms with E-state index >= 15 is 0 Å². The van der Waals surface area contributed by atoms with Gasteiger partial charge < -0.3 is 15.6 Å². The summed E-state index contributed by atoms with van der Waals surface area (Å²) in [6.45, 7) is 0. The van der Waals surface area contributed by atoms with Crippen molar-refractivity contribution in [2.45, 2.75) is 6.04 Å². The Morgan fingerprint density at radius 2 is 1.89 bits per heavy atom. The second-order valence-corrected chi connectivity index (χ2v) is 4.24. The normalized spacial score (nSPS) is 11.9. The van der Waals surface area contributed by atoms with Crippen molar-refractivity contribution in [2.75, 3.05) is 5.32 Å². The van der Waals surface area contributed by atoms with Gasteiger partial charge in [0.05, 0.1) is 5.69 Å². The quantitative estimate of drug-likeness (QED) is 0.862. The van der Waals surface area contributed by atoms with Gasteiger partial charge in [-0.25, -0.2) is 0 Å². The van der Waals surface area contributed by atoms with E-state index in [-0.39, 0.29) is 11.5 Å². The van der Waals surface area contributed by atoms with Crippen LogP contribution in [0.15, 0.2) is 53.5 Å². The number of amides is 1. The van der Waals surface area contributed by atoms with Gasteiger partial charge in [-0.2, -0.15) is 0 Å². The summed E-state index contributed by atoms with van der Waals surface area (Å²) in [6, 6.07) is 11.3. The lowest BCUT2D eigenvalue weighted by Gasteiger charge is -2.12. The second kappa shape index (κ2) is 5.49. The molecule has 0 saturated carbocycles. The Labute approximate surface area is 110 Å². The Morgan fingerprint density at radius 3 is 2.53 bits per heavy atom. The molecule has 1 heterocycles. The average molecular weight is 257 g/mol. The average Bonchev–Trinajstić information content (AvgIpc) is 2.43. The van der Waals surface area contributed by atoms with Crippen molar-refractivity contribution in [1.29, 1.82) is 0 Å². The first-order valence-corrected chi connectivity index (χ1v) is 5.86. The van der Waals surface area contributed by atoms with Crippen LogP contribution < -0.4 is 16.6 Å². The molecule has 0 aliphatic rings. The Bertz CT molecular complexity index is 635. The third-order valence-electron chi connectivity index (χ3n) is 2.79. The summed E-state index contributed by atoms with van der Waals surface area (Å²) in [5.74, 6) is -0.315. The van der Waals surface area contributed by atoms with Crippen LogP contribution in [-0.2, 0) is 11.8 Å². The minimum Gasteiger partial charge on any atom is -0.323 e. The smallest absolute Gasteiger partial charge is 0.250 e. The van der Waals surface area contributed by atoms with E-state index in [2.05, 4.69) is 5.32 Å². The van der Waals surface area contributed by atoms with E-state index in [1.807, 2.05) is 18.2 Å². The van der Waals surface area contributed by atoms with E-state index in [1.54, 1.807) is 31.4 Å². The third-order valence-corrected chi connectivity index (χ3v) is 2.79. The van der Waals surface area contributed by atoms with Crippen molar-refractivity contribution in [3.8, 4) is 0 Å². The Kier molecular flexibility index (Phi) is 3.77. The third kappa shape index (κ3) is 3.08. The SMILES string of the molecule is Cn1cc(NC(=O)[C@H](N)c2ccccc2)ccc1=O. The molecule has 0 aliphatic carbocycles. The monoisotopic (exact) mass is 257 g/mol. The second-order valence-electron chi connectivity index (χ2n) is 4.24. The summed E-state index contributed by atoms with van der Waals surface area (Å²) >= 11 is 0. The van der Waals surface area contributed by atoms with Crippen LogP contribution in [0.3, 0.4) is 0 Å². The molecular formula is C14H15N3O2. The van der Waals surface area contributed by atoms with Crippen LogP contribution in [0.5, 0.6) is 0 Å². The standard InChI is InChI=1S/C14H15N3O2/c1-17-9-11(7-8-12(17)18)16-14(19)13(15)10-5-3-2-4-6-10/h2-9,13H,15H2,1H3,(H,16,19)/t13-/m1/s1. The van der Waals surface area contributed by atoms with Gasteiger partial charge in [-0.3, -0.25) is 9.59 Å². The molecule has 2 aromatic rings. The number of benzene rings is 1. The van der Waals surface area contributed by atoms with Gasteiger partial charge in [-0.15, -0.1) is 0 Å². The molecule has 19 heavy (non-hydrogen) atoms. The zero-order chi connectivity index (χ0) is 13.8. The van der Waals surface area contributed by atoms with Gasteiger partial charge in [0.2, 0.25) is 11.5 Å². The summed E-state index contributed by atoms with van der Waals surface area (Å²) in [6.07, 6.45) is 1.55. The van der Waals surface area contributed by atoms with Gasteiger partial charge in [0.15, 0.2) is 0 Å². The first kappa shape index (κ1) is 13.0. The lowest BCUT2D eigenvalue weighted by atomic mass is 10.1. The van der Waals surface area contributed by atoms with Crippen LogP contribution >= 0.6 is 0 Å². The van der Waals surface area contributed by atoms with E-state index in [1.165, 1.54) is 10.6 Å². The molecule has 1 amide bonds. The van der Waals surface area contributed by atoms with Crippen LogP contribution in [-0.4, -0.2) is 10.5 Å². The molecule has 0 saturated heterocycles. The van der Waals surface area contributed by atoms with Gasteiger partial charge in [0, 0.05) is 19.3 Å². The molecule has 1 aromatic carbocycles. The number of aryl methyl sites for hydroxylation is 1. The molecule has 98 valence electrons. The van der Waals surface area contributed by atoms with Crippen LogP contribution in [0, 0.1) is 0 Å². The van der Waals surface area contributed by atoms with Crippen molar-refractivity contribution in [2.24, 2.45) is 12.8 Å². The molecule has 0 unspecified atom stereocenters. The van der Waals surface area contributed by atoms with Crippen molar-refractivity contribution in [3.05, 3.63) is 64.6 Å². The van der Waals surface area contributed by atoms with Gasteiger partial charge >= 0.3 is 0 Å². The number of nitrogens with one attached hydrogen (secondary N) is 1. The van der Waals surface area contributed by atoms with E-state index in [0.29, 0.717) is 5.69 Å². The number of hydrogen-bond donors (Lipinski definition) is 2. The van der Waals surface area contributed by atoms with E-state index in [0.717, 1.165) is 5.56 Å². The predicted octanol–water partition coefficient (Wildman–Crippen LogP) is 1.02. The van der Waals surface area contributed by atoms with Crippen LogP contribution in [0.25, 0.3) is 0 Å². The lowest BCUT2D eigenvalue weighted by Crippen LogP contribution is -2.28. The number of anilines is 1. The number of carbonyl (C=O) groups excluding carboxylic acids is 1. The van der Waals surface area contributed by atoms with Gasteiger partial charge in [0.25, 0.3) is 0 Å². The Morgan fingerprint density at radius 1 is 1.21 bits per heavy atom. The molecule has 0 spiro atoms. The van der Waals surface area contributed by atoms with Crippen LogP contribution in [0.4, 0.5) is 5.69 Å². The first-order valence-electron chi connectivity index (χ1n) is 5.86. The summed E-state index contributed by atoms with van der Waals surface area (Å²) in [7, 11) is 1.62. The summed E-state index contributed by atoms with van der Waals surface area (Å²) in [5, 5.41) is 2.68. The van der Waals surface area contributed by atoms with E-state index in [9.17, 15) is 9.59 Å². The zero-order valence-corrected chi connectivity index (χ0v) is 10.5. The summed E-state index contributed by atoms with van der Waals surface area (Å²) < 4.78 is 1.39. The first-order chi connectivity index (χ1) is 9.08. The zero-order valence-electron chi connectivity index (χ0n) is 10.5. The highest BCUT2D eigenvalue weighted by atomic mass is 16.2. The number of aromatic nitrogens is 1. The largest absolute Gasteiger partial charge is 0.323 e. The fourth-order valence-corrected chi connectivity index (χ4v) is 1.70. The van der Waals surface area contributed by atoms with E-state index in [4.69, 9.17) is 5.73 Å². The number of carbonyl (C=O) groups is 1. The number of nitrogens with zero attached hydrogens (tertiary/aromatic N) is 1. The predicted molar refractivity (Wildman–Crippen MR) is 73.7 cm³/mol. The van der Waals surface area contributed by atoms with Gasteiger partial charge in [-0.05, 0) is 11.6 Å². The minimum absolute atomic E-state index is 0.134. The highest BCUT2D eigenvalue weighted by Crippen LogP contribution is 2.12. The molecule has 3 N–H and O–H groups in total. The molecule has 0 fully saturated rings. The maximum atomic E-state index is 12.0. The fraction of sp³-hybridized carbons (Fsp3) is 0.143. The van der Waals surface area contributed by atoms with Crippen LogP contribution in [0.1, 0.15) is 11.6 Å². The molecule has 1 aromatic heterocycles. The molecule has 5 heteroatoms. The van der Waals surface area contributed by atoms with Crippen molar-refractivity contribution in [1.82, 2.24) is 4.57 Å². The summed E-state index contributed by atoms with van der Waals surface area (Å²) in [4.78, 5) is 23.2. The molecule has 5 nitrogen and oxygen atoms in total. The van der Waals surface area contributed by atoms with Crippen molar-refractivity contribution >= 4 is 11.6 Å². The fourth-order valence-electron chi connectivity index (χ4n) is 1.70. The minimum atomic E-state index is -0.738. The number of nitrogens with two attached hydrogens (primary N) is 1. The summed E-state index contributed by atoms with van der Waals surface area (Å²) in [5.41, 5.74) is 7.02. The number of hydrogen-bond acceptors (Lipinski definition) is 3. The lowest BCUT2D eigenvalue weighted by molar-refractivity contribution is -0.117. The van der Waals surface area contributed by atoms with Gasteiger partial charge in [-0.1, -0.05) is 30.3 Å². The number of rotatable bonds is 3. The van der Waals surface area contributed by atoms with E-state index < -0.39 is 6.04 Å². The molecule has 0 radical (unpaired) electrons.